The van der Waals surface area contributed by atoms with Gasteiger partial charge < -0.3 is 16.4 Å². The zero-order valence-electron chi connectivity index (χ0n) is 11.4. The number of anilines is 1. The van der Waals surface area contributed by atoms with Gasteiger partial charge in [0.05, 0.1) is 18.3 Å². The number of primary amides is 1. The summed E-state index contributed by atoms with van der Waals surface area (Å²) >= 11 is 0. The standard InChI is InChI=1S/C14H20N4O2/c15-11-1-2-12(17-9-11)8-14(20)18-5-3-10(4-6-18)7-13(16)19/h1-2,9-10H,3-8,15H2,(H2,16,19). The molecule has 1 saturated heterocycles. The normalized spacial score (nSPS) is 16.1. The molecule has 0 spiro atoms. The first-order chi connectivity index (χ1) is 9.54. The van der Waals surface area contributed by atoms with Gasteiger partial charge in [-0.15, -0.1) is 0 Å². The van der Waals surface area contributed by atoms with Crippen LogP contribution in [0.25, 0.3) is 0 Å². The number of likely N-dealkylation sites (tertiary alicyclic amines) is 1. The van der Waals surface area contributed by atoms with Crippen molar-refractivity contribution in [3.8, 4) is 0 Å². The van der Waals surface area contributed by atoms with Crippen LogP contribution in [0, 0.1) is 5.92 Å². The van der Waals surface area contributed by atoms with Crippen molar-refractivity contribution in [3.63, 3.8) is 0 Å². The Hall–Kier alpha value is -2.11. The molecule has 0 atom stereocenters. The van der Waals surface area contributed by atoms with Gasteiger partial charge in [0.15, 0.2) is 0 Å². The van der Waals surface area contributed by atoms with E-state index in [9.17, 15) is 9.59 Å². The number of carbonyl (C=O) groups excluding carboxylic acids is 2. The smallest absolute Gasteiger partial charge is 0.228 e. The number of hydrogen-bond donors (Lipinski definition) is 2. The van der Waals surface area contributed by atoms with Gasteiger partial charge in [0, 0.05) is 25.2 Å². The molecule has 1 aromatic heterocycles. The minimum atomic E-state index is -0.263. The number of carbonyl (C=O) groups is 2. The predicted octanol–water partition coefficient (Wildman–Crippen LogP) is 0.320. The van der Waals surface area contributed by atoms with Crippen LogP contribution >= 0.6 is 0 Å². The molecule has 0 saturated carbocycles. The summed E-state index contributed by atoms with van der Waals surface area (Å²) in [6.45, 7) is 1.37. The Kier molecular flexibility index (Phi) is 4.55. The van der Waals surface area contributed by atoms with Gasteiger partial charge >= 0.3 is 0 Å². The van der Waals surface area contributed by atoms with Gasteiger partial charge in [-0.25, -0.2) is 0 Å². The van der Waals surface area contributed by atoms with Gasteiger partial charge in [0.25, 0.3) is 0 Å². The highest BCUT2D eigenvalue weighted by Crippen LogP contribution is 2.20. The van der Waals surface area contributed by atoms with Crippen LogP contribution in [-0.4, -0.2) is 34.8 Å². The van der Waals surface area contributed by atoms with Crippen molar-refractivity contribution in [2.75, 3.05) is 18.8 Å². The maximum atomic E-state index is 12.1. The molecule has 0 radical (unpaired) electrons. The number of aromatic nitrogens is 1. The molecule has 2 amide bonds. The van der Waals surface area contributed by atoms with E-state index < -0.39 is 0 Å². The Morgan fingerprint density at radius 1 is 1.30 bits per heavy atom. The average Bonchev–Trinajstić information content (AvgIpc) is 2.41. The van der Waals surface area contributed by atoms with Crippen LogP contribution in [0.4, 0.5) is 5.69 Å². The van der Waals surface area contributed by atoms with Gasteiger partial charge in [-0.3, -0.25) is 14.6 Å². The third kappa shape index (κ3) is 3.94. The lowest BCUT2D eigenvalue weighted by Gasteiger charge is -2.31. The second-order valence-electron chi connectivity index (χ2n) is 5.25. The van der Waals surface area contributed by atoms with E-state index in [1.54, 1.807) is 18.3 Å². The minimum absolute atomic E-state index is 0.0693. The second-order valence-corrected chi connectivity index (χ2v) is 5.25. The van der Waals surface area contributed by atoms with Crippen molar-refractivity contribution in [2.24, 2.45) is 11.7 Å². The summed E-state index contributed by atoms with van der Waals surface area (Å²) in [4.78, 5) is 29.0. The summed E-state index contributed by atoms with van der Waals surface area (Å²) in [6, 6.07) is 3.52. The molecule has 1 aliphatic heterocycles. The summed E-state index contributed by atoms with van der Waals surface area (Å²) in [7, 11) is 0. The molecule has 1 fully saturated rings. The van der Waals surface area contributed by atoms with Gasteiger partial charge in [0.1, 0.15) is 0 Å². The highest BCUT2D eigenvalue weighted by molar-refractivity contribution is 5.78. The fourth-order valence-electron chi connectivity index (χ4n) is 2.48. The third-order valence-electron chi connectivity index (χ3n) is 3.64. The Morgan fingerprint density at radius 2 is 2.00 bits per heavy atom. The van der Waals surface area contributed by atoms with E-state index in [0.29, 0.717) is 37.5 Å². The number of rotatable bonds is 4. The third-order valence-corrected chi connectivity index (χ3v) is 3.64. The molecular formula is C14H20N4O2. The molecule has 2 rings (SSSR count). The quantitative estimate of drug-likeness (QED) is 0.826. The van der Waals surface area contributed by atoms with Crippen molar-refractivity contribution >= 4 is 17.5 Å². The fourth-order valence-corrected chi connectivity index (χ4v) is 2.48. The molecule has 0 aromatic carbocycles. The molecule has 6 nitrogen and oxygen atoms in total. The average molecular weight is 276 g/mol. The maximum Gasteiger partial charge on any atom is 0.228 e. The lowest BCUT2D eigenvalue weighted by atomic mass is 9.93. The zero-order chi connectivity index (χ0) is 14.5. The van der Waals surface area contributed by atoms with E-state index in [2.05, 4.69) is 4.98 Å². The lowest BCUT2D eigenvalue weighted by Crippen LogP contribution is -2.40. The number of nitrogens with zero attached hydrogens (tertiary/aromatic N) is 2. The number of nitrogens with two attached hydrogens (primary N) is 2. The molecule has 1 aromatic rings. The Bertz CT molecular complexity index is 478. The van der Waals surface area contributed by atoms with Crippen LogP contribution in [0.3, 0.4) is 0 Å². The molecule has 108 valence electrons. The number of pyridine rings is 1. The predicted molar refractivity (Wildman–Crippen MR) is 75.5 cm³/mol. The first-order valence-electron chi connectivity index (χ1n) is 6.81. The van der Waals surface area contributed by atoms with E-state index in [1.165, 1.54) is 0 Å². The first-order valence-corrected chi connectivity index (χ1v) is 6.81. The van der Waals surface area contributed by atoms with E-state index in [1.807, 2.05) is 4.90 Å². The van der Waals surface area contributed by atoms with Crippen LogP contribution in [0.1, 0.15) is 25.0 Å². The Labute approximate surface area is 118 Å². The van der Waals surface area contributed by atoms with Gasteiger partial charge in [0.2, 0.25) is 11.8 Å². The van der Waals surface area contributed by atoms with E-state index in [4.69, 9.17) is 11.5 Å². The molecule has 4 N–H and O–H groups in total. The number of amides is 2. The number of nitrogen functional groups attached to an aromatic ring is 1. The molecule has 20 heavy (non-hydrogen) atoms. The summed E-state index contributed by atoms with van der Waals surface area (Å²) in [5, 5.41) is 0. The van der Waals surface area contributed by atoms with Crippen molar-refractivity contribution in [3.05, 3.63) is 24.0 Å². The van der Waals surface area contributed by atoms with Crippen molar-refractivity contribution < 1.29 is 9.59 Å². The maximum absolute atomic E-state index is 12.1. The minimum Gasteiger partial charge on any atom is -0.397 e. The van der Waals surface area contributed by atoms with Crippen molar-refractivity contribution in [1.29, 1.82) is 0 Å². The van der Waals surface area contributed by atoms with Crippen LogP contribution in [0.15, 0.2) is 18.3 Å². The van der Waals surface area contributed by atoms with Crippen LogP contribution in [0.2, 0.25) is 0 Å². The van der Waals surface area contributed by atoms with E-state index >= 15 is 0 Å². The fraction of sp³-hybridized carbons (Fsp3) is 0.500. The summed E-state index contributed by atoms with van der Waals surface area (Å²) < 4.78 is 0. The first kappa shape index (κ1) is 14.3. The van der Waals surface area contributed by atoms with Gasteiger partial charge in [-0.05, 0) is 30.9 Å². The topological polar surface area (TPSA) is 102 Å². The molecule has 1 aliphatic rings. The van der Waals surface area contributed by atoms with Crippen LogP contribution in [-0.2, 0) is 16.0 Å². The highest BCUT2D eigenvalue weighted by Gasteiger charge is 2.23. The van der Waals surface area contributed by atoms with Gasteiger partial charge in [-0.1, -0.05) is 0 Å². The SMILES string of the molecule is NC(=O)CC1CCN(C(=O)Cc2ccc(N)cn2)CC1. The zero-order valence-corrected chi connectivity index (χ0v) is 11.4. The van der Waals surface area contributed by atoms with Crippen molar-refractivity contribution in [1.82, 2.24) is 9.88 Å². The summed E-state index contributed by atoms with van der Waals surface area (Å²) in [6.07, 6.45) is 3.94. The van der Waals surface area contributed by atoms with Crippen LogP contribution in [0.5, 0.6) is 0 Å². The molecule has 0 aliphatic carbocycles. The summed E-state index contributed by atoms with van der Waals surface area (Å²) in [5.41, 5.74) is 12.1. The molecule has 0 unspecified atom stereocenters. The molecular weight excluding hydrogens is 256 g/mol. The number of piperidine rings is 1. The van der Waals surface area contributed by atoms with Gasteiger partial charge in [-0.2, -0.15) is 0 Å². The Morgan fingerprint density at radius 3 is 2.55 bits per heavy atom. The summed E-state index contributed by atoms with van der Waals surface area (Å²) in [5.74, 6) is 0.117. The molecule has 6 heteroatoms. The lowest BCUT2D eigenvalue weighted by molar-refractivity contribution is -0.132. The number of hydrogen-bond acceptors (Lipinski definition) is 4. The molecule has 0 bridgehead atoms. The van der Waals surface area contributed by atoms with E-state index in [-0.39, 0.29) is 11.8 Å². The van der Waals surface area contributed by atoms with Crippen molar-refractivity contribution in [2.45, 2.75) is 25.7 Å². The monoisotopic (exact) mass is 276 g/mol. The van der Waals surface area contributed by atoms with E-state index in [0.717, 1.165) is 18.5 Å². The molecule has 2 heterocycles. The highest BCUT2D eigenvalue weighted by atomic mass is 16.2. The Balaban J connectivity index is 1.82. The van der Waals surface area contributed by atoms with Crippen LogP contribution < -0.4 is 11.5 Å². The largest absolute Gasteiger partial charge is 0.397 e. The second kappa shape index (κ2) is 6.36.